The van der Waals surface area contributed by atoms with Gasteiger partial charge in [0.25, 0.3) is 5.91 Å². The lowest BCUT2D eigenvalue weighted by molar-refractivity contribution is -0.140. The van der Waals surface area contributed by atoms with Crippen LogP contribution in [0.25, 0.3) is 0 Å². The number of benzene rings is 1. The lowest BCUT2D eigenvalue weighted by atomic mass is 9.93. The molecule has 2 bridgehead atoms. The van der Waals surface area contributed by atoms with E-state index in [1.807, 2.05) is 30.6 Å². The Hall–Kier alpha value is -3.27. The van der Waals surface area contributed by atoms with Gasteiger partial charge in [0.1, 0.15) is 17.8 Å². The van der Waals surface area contributed by atoms with Gasteiger partial charge in [0.2, 0.25) is 5.91 Å². The van der Waals surface area contributed by atoms with E-state index >= 15 is 0 Å². The largest absolute Gasteiger partial charge is 0.353 e. The number of hydrogen-bond donors (Lipinski definition) is 1. The van der Waals surface area contributed by atoms with Gasteiger partial charge in [0.15, 0.2) is 5.82 Å². The second kappa shape index (κ2) is 10.4. The topological polar surface area (TPSA) is 84.9 Å². The number of nitrogens with zero attached hydrogens (tertiary/aromatic N) is 6. The third-order valence-electron chi connectivity index (χ3n) is 8.93. The monoisotopic (exact) mass is 535 g/mol. The van der Waals surface area contributed by atoms with Crippen LogP contribution in [0.3, 0.4) is 0 Å². The van der Waals surface area contributed by atoms with Crippen molar-refractivity contribution in [3.63, 3.8) is 0 Å². The first-order chi connectivity index (χ1) is 18.8. The van der Waals surface area contributed by atoms with Gasteiger partial charge in [0, 0.05) is 57.3 Å². The summed E-state index contributed by atoms with van der Waals surface area (Å²) in [5, 5.41) is 3.53. The number of likely N-dealkylation sites (tertiary alicyclic amines) is 1. The van der Waals surface area contributed by atoms with E-state index in [9.17, 15) is 14.0 Å². The molecular formula is C29H38FN7O2. The Balaban J connectivity index is 1.17. The fraction of sp³-hybridized carbons (Fsp3) is 0.586. The molecule has 1 aromatic carbocycles. The fourth-order valence-electron chi connectivity index (χ4n) is 6.94. The number of nitrogens with one attached hydrogen (secondary N) is 1. The Morgan fingerprint density at radius 1 is 1.18 bits per heavy atom. The van der Waals surface area contributed by atoms with Crippen molar-refractivity contribution >= 4 is 29.0 Å². The summed E-state index contributed by atoms with van der Waals surface area (Å²) in [5.41, 5.74) is 1.81. The molecule has 3 unspecified atom stereocenters. The first kappa shape index (κ1) is 26.0. The summed E-state index contributed by atoms with van der Waals surface area (Å²) in [6.07, 6.45) is 6.82. The lowest BCUT2D eigenvalue weighted by Gasteiger charge is -2.45. The summed E-state index contributed by atoms with van der Waals surface area (Å²) in [5.74, 6) is 1.33. The first-order valence-corrected chi connectivity index (χ1v) is 14.3. The summed E-state index contributed by atoms with van der Waals surface area (Å²) in [7, 11) is 0. The smallest absolute Gasteiger partial charge is 0.256 e. The molecule has 2 aromatic rings. The van der Waals surface area contributed by atoms with Crippen LogP contribution in [0.4, 0.5) is 21.6 Å². The Bertz CT molecular complexity index is 1250. The van der Waals surface area contributed by atoms with Crippen molar-refractivity contribution in [3.8, 4) is 0 Å². The van der Waals surface area contributed by atoms with Crippen molar-refractivity contribution in [1.82, 2.24) is 25.1 Å². The van der Waals surface area contributed by atoms with Crippen LogP contribution in [-0.4, -0.2) is 89.0 Å². The molecule has 0 radical (unpaired) electrons. The fourth-order valence-corrected chi connectivity index (χ4v) is 6.94. The van der Waals surface area contributed by atoms with E-state index < -0.39 is 5.82 Å². The quantitative estimate of drug-likeness (QED) is 0.584. The van der Waals surface area contributed by atoms with Crippen LogP contribution in [0, 0.1) is 17.7 Å². The zero-order valence-corrected chi connectivity index (χ0v) is 23.0. The minimum absolute atomic E-state index is 0.000365. The van der Waals surface area contributed by atoms with E-state index in [0.29, 0.717) is 48.8 Å². The summed E-state index contributed by atoms with van der Waals surface area (Å²) in [4.78, 5) is 43.5. The third kappa shape index (κ3) is 4.73. The molecule has 4 heterocycles. The highest BCUT2D eigenvalue weighted by atomic mass is 19.1. The lowest BCUT2D eigenvalue weighted by Crippen LogP contribution is -2.60. The minimum Gasteiger partial charge on any atom is -0.353 e. The summed E-state index contributed by atoms with van der Waals surface area (Å²) < 4.78 is 14.4. The predicted octanol–water partition coefficient (Wildman–Crippen LogP) is 3.04. The van der Waals surface area contributed by atoms with Crippen molar-refractivity contribution in [2.75, 3.05) is 49.1 Å². The van der Waals surface area contributed by atoms with Crippen LogP contribution >= 0.6 is 0 Å². The van der Waals surface area contributed by atoms with Gasteiger partial charge in [-0.25, -0.2) is 14.4 Å². The van der Waals surface area contributed by atoms with Gasteiger partial charge in [-0.05, 0) is 64.2 Å². The molecule has 39 heavy (non-hydrogen) atoms. The van der Waals surface area contributed by atoms with E-state index in [2.05, 4.69) is 20.2 Å². The molecule has 208 valence electrons. The van der Waals surface area contributed by atoms with Crippen molar-refractivity contribution in [3.05, 3.63) is 42.1 Å². The predicted molar refractivity (Wildman–Crippen MR) is 148 cm³/mol. The number of amides is 2. The molecule has 0 spiro atoms. The highest BCUT2D eigenvalue weighted by Gasteiger charge is 2.46. The zero-order valence-electron chi connectivity index (χ0n) is 23.0. The second-order valence-electron chi connectivity index (χ2n) is 11.7. The van der Waals surface area contributed by atoms with E-state index in [-0.39, 0.29) is 23.9 Å². The van der Waals surface area contributed by atoms with E-state index in [0.717, 1.165) is 37.6 Å². The van der Waals surface area contributed by atoms with Crippen molar-refractivity contribution in [2.45, 2.75) is 58.2 Å². The molecule has 10 heteroatoms. The molecule has 2 saturated heterocycles. The maximum absolute atomic E-state index is 14.4. The Morgan fingerprint density at radius 3 is 2.69 bits per heavy atom. The SMILES string of the molecule is CCN(C(=O)c1cc(F)ccc1N1CCN(CC2CN(C(=O)C3NC4CCC3C4)C2)c2ncncc21)C(C)C. The van der Waals surface area contributed by atoms with E-state index in [4.69, 9.17) is 0 Å². The highest BCUT2D eigenvalue weighted by Crippen LogP contribution is 2.39. The Morgan fingerprint density at radius 2 is 2.00 bits per heavy atom. The molecular weight excluding hydrogens is 497 g/mol. The molecule has 3 atom stereocenters. The summed E-state index contributed by atoms with van der Waals surface area (Å²) in [6.45, 7) is 10.1. The van der Waals surface area contributed by atoms with Gasteiger partial charge in [-0.3, -0.25) is 9.59 Å². The van der Waals surface area contributed by atoms with Gasteiger partial charge in [-0.2, -0.15) is 0 Å². The number of halogens is 1. The van der Waals surface area contributed by atoms with Crippen molar-refractivity contribution in [2.24, 2.45) is 11.8 Å². The molecule has 2 amide bonds. The minimum atomic E-state index is -0.435. The van der Waals surface area contributed by atoms with Crippen LogP contribution in [0.1, 0.15) is 50.4 Å². The molecule has 9 nitrogen and oxygen atoms in total. The summed E-state index contributed by atoms with van der Waals surface area (Å²) in [6, 6.07) is 4.96. The number of anilines is 3. The van der Waals surface area contributed by atoms with Gasteiger partial charge >= 0.3 is 0 Å². The Labute approximate surface area is 229 Å². The maximum Gasteiger partial charge on any atom is 0.256 e. The molecule has 6 rings (SSSR count). The highest BCUT2D eigenvalue weighted by molar-refractivity contribution is 6.01. The van der Waals surface area contributed by atoms with Crippen LogP contribution < -0.4 is 15.1 Å². The normalized spacial score (nSPS) is 24.2. The third-order valence-corrected chi connectivity index (χ3v) is 8.93. The van der Waals surface area contributed by atoms with Gasteiger partial charge in [-0.15, -0.1) is 0 Å². The van der Waals surface area contributed by atoms with E-state index in [1.165, 1.54) is 25.0 Å². The van der Waals surface area contributed by atoms with Gasteiger partial charge in [-0.1, -0.05) is 0 Å². The Kier molecular flexibility index (Phi) is 6.91. The number of carbonyl (C=O) groups is 2. The van der Waals surface area contributed by atoms with Gasteiger partial charge in [0.05, 0.1) is 23.5 Å². The van der Waals surface area contributed by atoms with Crippen LogP contribution in [-0.2, 0) is 4.79 Å². The molecule has 4 aliphatic rings. The number of aromatic nitrogens is 2. The van der Waals surface area contributed by atoms with Crippen molar-refractivity contribution in [1.29, 1.82) is 0 Å². The standard InChI is InChI=1S/C29H38FN7O2/c1-4-36(18(2)3)28(38)23-12-21(30)6-8-24(23)37-10-9-34(27-25(37)13-31-17-32-27)14-19-15-35(16-19)29(39)26-20-5-7-22(11-20)33-26/h6,8,12-13,17-20,22,26,33H,4-5,7,9-11,14-16H2,1-3H3. The van der Waals surface area contributed by atoms with Crippen LogP contribution in [0.5, 0.6) is 0 Å². The second-order valence-corrected chi connectivity index (χ2v) is 11.7. The van der Waals surface area contributed by atoms with Crippen LogP contribution in [0.2, 0.25) is 0 Å². The molecule has 3 fully saturated rings. The number of fused-ring (bicyclic) bond motifs is 3. The molecule has 3 aliphatic heterocycles. The zero-order chi connectivity index (χ0) is 27.3. The van der Waals surface area contributed by atoms with Gasteiger partial charge < -0.3 is 24.9 Å². The molecule has 1 aliphatic carbocycles. The van der Waals surface area contributed by atoms with Crippen molar-refractivity contribution < 1.29 is 14.0 Å². The average molecular weight is 536 g/mol. The molecule has 1 N–H and O–H groups in total. The number of rotatable bonds is 7. The van der Waals surface area contributed by atoms with Crippen LogP contribution in [0.15, 0.2) is 30.7 Å². The number of hydrogen-bond acceptors (Lipinski definition) is 7. The maximum atomic E-state index is 14.4. The number of carbonyl (C=O) groups excluding carboxylic acids is 2. The molecule has 1 aromatic heterocycles. The van der Waals surface area contributed by atoms with E-state index in [1.54, 1.807) is 23.5 Å². The first-order valence-electron chi connectivity index (χ1n) is 14.3. The summed E-state index contributed by atoms with van der Waals surface area (Å²) >= 11 is 0. The molecule has 1 saturated carbocycles. The average Bonchev–Trinajstić information content (AvgIpc) is 3.54. The number of piperidine rings is 1.